The van der Waals surface area contributed by atoms with Crippen LogP contribution in [0.2, 0.25) is 0 Å². The molecule has 3 nitrogen and oxygen atoms in total. The molecular formula is C26H28N2O. The van der Waals surface area contributed by atoms with Gasteiger partial charge in [-0.2, -0.15) is 0 Å². The van der Waals surface area contributed by atoms with Crippen molar-refractivity contribution in [3.63, 3.8) is 0 Å². The summed E-state index contributed by atoms with van der Waals surface area (Å²) in [5.41, 5.74) is 5.79. The first-order valence-electron chi connectivity index (χ1n) is 10.3. The van der Waals surface area contributed by atoms with Crippen LogP contribution in [-0.2, 0) is 0 Å². The van der Waals surface area contributed by atoms with Gasteiger partial charge in [-0.05, 0) is 37.1 Å². The molecular weight excluding hydrogens is 356 g/mol. The number of aryl methyl sites for hydroxylation is 2. The molecule has 0 aliphatic carbocycles. The van der Waals surface area contributed by atoms with E-state index < -0.39 is 0 Å². The third kappa shape index (κ3) is 4.41. The molecule has 1 amide bonds. The Kier molecular flexibility index (Phi) is 5.77. The first-order valence-corrected chi connectivity index (χ1v) is 10.3. The third-order valence-electron chi connectivity index (χ3n) is 5.74. The van der Waals surface area contributed by atoms with Gasteiger partial charge in [-0.15, -0.1) is 0 Å². The highest BCUT2D eigenvalue weighted by Crippen LogP contribution is 2.30. The Morgan fingerprint density at radius 2 is 1.38 bits per heavy atom. The van der Waals surface area contributed by atoms with Crippen molar-refractivity contribution in [1.82, 2.24) is 9.80 Å². The summed E-state index contributed by atoms with van der Waals surface area (Å²) in [5, 5.41) is 0. The third-order valence-corrected chi connectivity index (χ3v) is 5.74. The average molecular weight is 385 g/mol. The van der Waals surface area contributed by atoms with Gasteiger partial charge < -0.3 is 4.90 Å². The van der Waals surface area contributed by atoms with E-state index in [0.29, 0.717) is 0 Å². The number of hydrogen-bond acceptors (Lipinski definition) is 2. The van der Waals surface area contributed by atoms with Crippen molar-refractivity contribution in [2.75, 3.05) is 26.2 Å². The van der Waals surface area contributed by atoms with Crippen LogP contribution in [0, 0.1) is 13.8 Å². The number of nitrogens with zero attached hydrogens (tertiary/aromatic N) is 2. The second-order valence-electron chi connectivity index (χ2n) is 7.92. The summed E-state index contributed by atoms with van der Waals surface area (Å²) in [6.07, 6.45) is 0. The molecule has 3 aromatic rings. The molecule has 0 unspecified atom stereocenters. The topological polar surface area (TPSA) is 23.6 Å². The molecule has 0 saturated carbocycles. The minimum absolute atomic E-state index is 0.139. The predicted octanol–water partition coefficient (Wildman–Crippen LogP) is 4.85. The van der Waals surface area contributed by atoms with Gasteiger partial charge in [0.15, 0.2) is 0 Å². The largest absolute Gasteiger partial charge is 0.336 e. The smallest absolute Gasteiger partial charge is 0.253 e. The van der Waals surface area contributed by atoms with Crippen molar-refractivity contribution in [2.24, 2.45) is 0 Å². The van der Waals surface area contributed by atoms with Crippen LogP contribution in [0.25, 0.3) is 0 Å². The van der Waals surface area contributed by atoms with Crippen LogP contribution in [0.3, 0.4) is 0 Å². The van der Waals surface area contributed by atoms with Crippen LogP contribution < -0.4 is 0 Å². The molecule has 1 aliphatic heterocycles. The zero-order chi connectivity index (χ0) is 20.2. The maximum atomic E-state index is 12.9. The number of carbonyl (C=O) groups is 1. The molecule has 3 aromatic carbocycles. The summed E-state index contributed by atoms with van der Waals surface area (Å²) >= 11 is 0. The van der Waals surface area contributed by atoms with Crippen molar-refractivity contribution in [1.29, 1.82) is 0 Å². The van der Waals surface area contributed by atoms with Crippen molar-refractivity contribution in [3.05, 3.63) is 107 Å². The van der Waals surface area contributed by atoms with Gasteiger partial charge in [-0.25, -0.2) is 0 Å². The number of benzene rings is 3. The maximum absolute atomic E-state index is 12.9. The number of amides is 1. The summed E-state index contributed by atoms with van der Waals surface area (Å²) in [4.78, 5) is 17.4. The van der Waals surface area contributed by atoms with Crippen molar-refractivity contribution >= 4 is 5.91 Å². The Morgan fingerprint density at radius 3 is 2.03 bits per heavy atom. The molecule has 1 aliphatic rings. The number of carbonyl (C=O) groups excluding carboxylic acids is 1. The molecule has 0 spiro atoms. The van der Waals surface area contributed by atoms with Gasteiger partial charge in [0.25, 0.3) is 5.91 Å². The molecule has 0 radical (unpaired) electrons. The van der Waals surface area contributed by atoms with Crippen molar-refractivity contribution in [2.45, 2.75) is 19.9 Å². The van der Waals surface area contributed by atoms with E-state index in [1.165, 1.54) is 16.7 Å². The lowest BCUT2D eigenvalue weighted by molar-refractivity contribution is 0.0597. The first kappa shape index (κ1) is 19.4. The van der Waals surface area contributed by atoms with E-state index in [0.717, 1.165) is 37.3 Å². The van der Waals surface area contributed by atoms with Crippen molar-refractivity contribution in [3.8, 4) is 0 Å². The molecule has 4 rings (SSSR count). The summed E-state index contributed by atoms with van der Waals surface area (Å²) in [6, 6.07) is 27.6. The summed E-state index contributed by atoms with van der Waals surface area (Å²) < 4.78 is 0. The Morgan fingerprint density at radius 1 is 0.724 bits per heavy atom. The molecule has 1 heterocycles. The van der Waals surface area contributed by atoms with Gasteiger partial charge in [-0.1, -0.05) is 77.9 Å². The second-order valence-corrected chi connectivity index (χ2v) is 7.92. The van der Waals surface area contributed by atoms with E-state index in [1.807, 2.05) is 36.1 Å². The molecule has 148 valence electrons. The number of piperazine rings is 1. The van der Waals surface area contributed by atoms with Gasteiger partial charge >= 0.3 is 0 Å². The molecule has 0 N–H and O–H groups in total. The van der Waals surface area contributed by atoms with Gasteiger partial charge in [0.05, 0.1) is 6.04 Å². The van der Waals surface area contributed by atoms with Crippen LogP contribution in [-0.4, -0.2) is 41.9 Å². The normalized spacial score (nSPS) is 15.9. The fraction of sp³-hybridized carbons (Fsp3) is 0.269. The van der Waals surface area contributed by atoms with Crippen LogP contribution in [0.15, 0.2) is 78.9 Å². The van der Waals surface area contributed by atoms with Gasteiger partial charge in [0, 0.05) is 31.7 Å². The van der Waals surface area contributed by atoms with E-state index in [9.17, 15) is 4.79 Å². The lowest BCUT2D eigenvalue weighted by atomic mass is 9.95. The zero-order valence-electron chi connectivity index (χ0n) is 17.2. The van der Waals surface area contributed by atoms with E-state index in [1.54, 1.807) is 0 Å². The standard InChI is InChI=1S/C26H28N2O/c1-20-11-13-23(14-12-20)25(22-8-4-3-5-9-22)27-15-17-28(18-16-27)26(29)24-10-6-7-21(2)19-24/h3-14,19,25H,15-18H2,1-2H3/t25-/m1/s1. The van der Waals surface area contributed by atoms with E-state index in [-0.39, 0.29) is 11.9 Å². The Balaban J connectivity index is 1.52. The van der Waals surface area contributed by atoms with Gasteiger partial charge in [0.1, 0.15) is 0 Å². The molecule has 0 aromatic heterocycles. The highest BCUT2D eigenvalue weighted by Gasteiger charge is 2.28. The lowest BCUT2D eigenvalue weighted by Crippen LogP contribution is -2.49. The Labute approximate surface area is 173 Å². The Bertz CT molecular complexity index is 958. The average Bonchev–Trinajstić information content (AvgIpc) is 2.76. The molecule has 1 fully saturated rings. The van der Waals surface area contributed by atoms with E-state index in [2.05, 4.69) is 66.4 Å². The fourth-order valence-corrected chi connectivity index (χ4v) is 4.14. The van der Waals surface area contributed by atoms with E-state index in [4.69, 9.17) is 0 Å². The molecule has 1 atom stereocenters. The first-order chi connectivity index (χ1) is 14.1. The van der Waals surface area contributed by atoms with Gasteiger partial charge in [0.2, 0.25) is 0 Å². The quantitative estimate of drug-likeness (QED) is 0.642. The highest BCUT2D eigenvalue weighted by atomic mass is 16.2. The predicted molar refractivity (Wildman–Crippen MR) is 118 cm³/mol. The summed E-state index contributed by atoms with van der Waals surface area (Å²) in [5.74, 6) is 0.139. The molecule has 1 saturated heterocycles. The lowest BCUT2D eigenvalue weighted by Gasteiger charge is -2.40. The van der Waals surface area contributed by atoms with Gasteiger partial charge in [-0.3, -0.25) is 9.69 Å². The molecule has 3 heteroatoms. The zero-order valence-corrected chi connectivity index (χ0v) is 17.2. The summed E-state index contributed by atoms with van der Waals surface area (Å²) in [6.45, 7) is 7.39. The number of hydrogen-bond donors (Lipinski definition) is 0. The van der Waals surface area contributed by atoms with Crippen LogP contribution >= 0.6 is 0 Å². The molecule has 29 heavy (non-hydrogen) atoms. The minimum atomic E-state index is 0.139. The minimum Gasteiger partial charge on any atom is -0.336 e. The SMILES string of the molecule is Cc1ccc([C@@H](c2ccccc2)N2CCN(C(=O)c3cccc(C)c3)CC2)cc1. The van der Waals surface area contributed by atoms with Crippen LogP contribution in [0.1, 0.15) is 38.7 Å². The van der Waals surface area contributed by atoms with Crippen LogP contribution in [0.4, 0.5) is 0 Å². The summed E-state index contributed by atoms with van der Waals surface area (Å²) in [7, 11) is 0. The van der Waals surface area contributed by atoms with E-state index >= 15 is 0 Å². The number of rotatable bonds is 4. The van der Waals surface area contributed by atoms with Crippen molar-refractivity contribution < 1.29 is 4.79 Å². The van der Waals surface area contributed by atoms with Crippen LogP contribution in [0.5, 0.6) is 0 Å². The second kappa shape index (κ2) is 8.62. The molecule has 0 bridgehead atoms. The monoisotopic (exact) mass is 384 g/mol. The fourth-order valence-electron chi connectivity index (χ4n) is 4.14. The maximum Gasteiger partial charge on any atom is 0.253 e. The Hall–Kier alpha value is -2.91. The highest BCUT2D eigenvalue weighted by molar-refractivity contribution is 5.94.